The van der Waals surface area contributed by atoms with Crippen molar-refractivity contribution in [1.82, 2.24) is 0 Å². The molecule has 1 unspecified atom stereocenters. The highest BCUT2D eigenvalue weighted by molar-refractivity contribution is 5.81. The quantitative estimate of drug-likeness (QED) is 0.492. The van der Waals surface area contributed by atoms with E-state index in [0.29, 0.717) is 17.7 Å². The molecule has 0 aliphatic rings. The van der Waals surface area contributed by atoms with Crippen LogP contribution in [0.3, 0.4) is 0 Å². The topological polar surface area (TPSA) is 81.5 Å². The molecule has 0 spiro atoms. The van der Waals surface area contributed by atoms with Gasteiger partial charge in [0.05, 0.1) is 12.0 Å². The van der Waals surface area contributed by atoms with E-state index in [1.54, 1.807) is 25.1 Å². The van der Waals surface area contributed by atoms with Crippen LogP contribution in [0.25, 0.3) is 0 Å². The molecule has 1 N–H and O–H groups in total. The lowest BCUT2D eigenvalue weighted by Gasteiger charge is -2.19. The number of carbonyl (C=O) groups excluding carboxylic acids is 1. The third-order valence-electron chi connectivity index (χ3n) is 2.94. The van der Waals surface area contributed by atoms with Crippen LogP contribution in [-0.2, 0) is 9.53 Å². The molecule has 0 aliphatic heterocycles. The second-order valence-corrected chi connectivity index (χ2v) is 5.08. The number of hydrogen-bond donors (Lipinski definition) is 1. The van der Waals surface area contributed by atoms with E-state index < -0.39 is 16.9 Å². The van der Waals surface area contributed by atoms with Crippen LogP contribution in [0.5, 0.6) is 0 Å². The van der Waals surface area contributed by atoms with E-state index in [1.165, 1.54) is 7.11 Å². The first-order valence-corrected chi connectivity index (χ1v) is 6.45. The lowest BCUT2D eigenvalue weighted by molar-refractivity contribution is -0.384. The summed E-state index contributed by atoms with van der Waals surface area (Å²) in [5, 5.41) is 14.1. The minimum absolute atomic E-state index is 0.00911. The highest BCUT2D eigenvalue weighted by Gasteiger charge is 2.24. The fourth-order valence-corrected chi connectivity index (χ4v) is 2.03. The summed E-state index contributed by atoms with van der Waals surface area (Å²) in [6.07, 6.45) is 0.539. The Labute approximate surface area is 118 Å². The summed E-state index contributed by atoms with van der Waals surface area (Å²) in [4.78, 5) is 22.5. The first kappa shape index (κ1) is 15.9. The molecule has 0 aliphatic carbocycles. The number of ether oxygens (including phenoxy) is 1. The van der Waals surface area contributed by atoms with Crippen molar-refractivity contribution in [3.05, 3.63) is 33.9 Å². The summed E-state index contributed by atoms with van der Waals surface area (Å²) in [6, 6.07) is 4.38. The Morgan fingerprint density at radius 3 is 2.60 bits per heavy atom. The molecule has 1 aromatic carbocycles. The fourth-order valence-electron chi connectivity index (χ4n) is 2.03. The predicted octanol–water partition coefficient (Wildman–Crippen LogP) is 2.90. The van der Waals surface area contributed by atoms with Crippen LogP contribution in [-0.4, -0.2) is 24.0 Å². The molecule has 0 amide bonds. The van der Waals surface area contributed by atoms with Crippen LogP contribution in [0.1, 0.15) is 25.8 Å². The Morgan fingerprint density at radius 1 is 1.45 bits per heavy atom. The van der Waals surface area contributed by atoms with E-state index in [9.17, 15) is 14.9 Å². The van der Waals surface area contributed by atoms with Gasteiger partial charge in [-0.25, -0.2) is 4.79 Å². The molecule has 0 aromatic heterocycles. The smallest absolute Gasteiger partial charge is 0.328 e. The molecule has 0 saturated carbocycles. The number of nitro benzene ring substituents is 1. The monoisotopic (exact) mass is 280 g/mol. The van der Waals surface area contributed by atoms with Gasteiger partial charge in [0.1, 0.15) is 11.7 Å². The SMILES string of the molecule is COC(=O)C(CC(C)C)Nc1cccc(C)c1[N+](=O)[O-]. The number of methoxy groups -OCH3 is 1. The number of nitro groups is 1. The highest BCUT2D eigenvalue weighted by Crippen LogP contribution is 2.29. The third kappa shape index (κ3) is 3.94. The minimum atomic E-state index is -0.597. The average molecular weight is 280 g/mol. The van der Waals surface area contributed by atoms with Crippen molar-refractivity contribution in [3.63, 3.8) is 0 Å². The van der Waals surface area contributed by atoms with Crippen molar-refractivity contribution in [2.45, 2.75) is 33.2 Å². The molecular weight excluding hydrogens is 260 g/mol. The number of carbonyl (C=O) groups is 1. The number of hydrogen-bond acceptors (Lipinski definition) is 5. The van der Waals surface area contributed by atoms with Gasteiger partial charge in [0.2, 0.25) is 0 Å². The van der Waals surface area contributed by atoms with Crippen molar-refractivity contribution in [2.75, 3.05) is 12.4 Å². The van der Waals surface area contributed by atoms with Gasteiger partial charge in [0.25, 0.3) is 5.69 Å². The van der Waals surface area contributed by atoms with Crippen LogP contribution < -0.4 is 5.32 Å². The molecule has 0 fully saturated rings. The van der Waals surface area contributed by atoms with Gasteiger partial charge in [0, 0.05) is 5.56 Å². The van der Waals surface area contributed by atoms with Crippen molar-refractivity contribution in [3.8, 4) is 0 Å². The molecular formula is C14H20N2O4. The van der Waals surface area contributed by atoms with E-state index in [4.69, 9.17) is 4.74 Å². The van der Waals surface area contributed by atoms with Crippen molar-refractivity contribution in [2.24, 2.45) is 5.92 Å². The average Bonchev–Trinajstić information content (AvgIpc) is 2.36. The van der Waals surface area contributed by atoms with E-state index in [-0.39, 0.29) is 11.6 Å². The van der Waals surface area contributed by atoms with Crippen LogP contribution >= 0.6 is 0 Å². The van der Waals surface area contributed by atoms with Crippen LogP contribution in [0.15, 0.2) is 18.2 Å². The maximum Gasteiger partial charge on any atom is 0.328 e. The molecule has 0 bridgehead atoms. The van der Waals surface area contributed by atoms with Gasteiger partial charge in [-0.3, -0.25) is 10.1 Å². The minimum Gasteiger partial charge on any atom is -0.467 e. The normalized spacial score (nSPS) is 12.1. The third-order valence-corrected chi connectivity index (χ3v) is 2.94. The summed E-state index contributed by atoms with van der Waals surface area (Å²) in [6.45, 7) is 5.61. The molecule has 0 heterocycles. The van der Waals surface area contributed by atoms with Crippen molar-refractivity contribution < 1.29 is 14.5 Å². The second-order valence-electron chi connectivity index (χ2n) is 5.08. The highest BCUT2D eigenvalue weighted by atomic mass is 16.6. The van der Waals surface area contributed by atoms with Crippen LogP contribution in [0, 0.1) is 23.0 Å². The number of nitrogens with one attached hydrogen (secondary N) is 1. The van der Waals surface area contributed by atoms with Gasteiger partial charge < -0.3 is 10.1 Å². The summed E-state index contributed by atoms with van der Waals surface area (Å²) in [7, 11) is 1.31. The number of esters is 1. The molecule has 1 rings (SSSR count). The Hall–Kier alpha value is -2.11. The Balaban J connectivity index is 3.08. The standard InChI is InChI=1S/C14H20N2O4/c1-9(2)8-12(14(17)20-4)15-11-7-5-6-10(3)13(11)16(18)19/h5-7,9,12,15H,8H2,1-4H3. The first-order chi connectivity index (χ1) is 9.36. The first-order valence-electron chi connectivity index (χ1n) is 6.45. The molecule has 1 atom stereocenters. The molecule has 1 aromatic rings. The summed E-state index contributed by atoms with van der Waals surface area (Å²) in [5.74, 6) is -0.162. The molecule has 110 valence electrons. The molecule has 0 saturated heterocycles. The van der Waals surface area contributed by atoms with E-state index in [2.05, 4.69) is 5.32 Å². The summed E-state index contributed by atoms with van der Waals surface area (Å²) >= 11 is 0. The molecule has 6 nitrogen and oxygen atoms in total. The number of benzene rings is 1. The van der Waals surface area contributed by atoms with Gasteiger partial charge >= 0.3 is 5.97 Å². The zero-order valence-electron chi connectivity index (χ0n) is 12.2. The molecule has 20 heavy (non-hydrogen) atoms. The van der Waals surface area contributed by atoms with Crippen LogP contribution in [0.2, 0.25) is 0 Å². The Morgan fingerprint density at radius 2 is 2.10 bits per heavy atom. The van der Waals surface area contributed by atoms with Crippen molar-refractivity contribution in [1.29, 1.82) is 0 Å². The van der Waals surface area contributed by atoms with Crippen LogP contribution in [0.4, 0.5) is 11.4 Å². The predicted molar refractivity (Wildman–Crippen MR) is 76.7 cm³/mol. The lowest BCUT2D eigenvalue weighted by atomic mass is 10.0. The number of aryl methyl sites for hydroxylation is 1. The molecule has 6 heteroatoms. The van der Waals surface area contributed by atoms with E-state index >= 15 is 0 Å². The van der Waals surface area contributed by atoms with E-state index in [1.807, 2.05) is 13.8 Å². The number of para-hydroxylation sites is 1. The van der Waals surface area contributed by atoms with Gasteiger partial charge in [-0.05, 0) is 25.3 Å². The van der Waals surface area contributed by atoms with E-state index in [0.717, 1.165) is 0 Å². The lowest BCUT2D eigenvalue weighted by Crippen LogP contribution is -2.32. The largest absolute Gasteiger partial charge is 0.467 e. The Bertz CT molecular complexity index is 500. The number of rotatable bonds is 6. The summed E-state index contributed by atoms with van der Waals surface area (Å²) < 4.78 is 4.74. The maximum atomic E-state index is 11.8. The maximum absolute atomic E-state index is 11.8. The number of nitrogens with zero attached hydrogens (tertiary/aromatic N) is 1. The van der Waals surface area contributed by atoms with Gasteiger partial charge in [-0.1, -0.05) is 26.0 Å². The van der Waals surface area contributed by atoms with Crippen molar-refractivity contribution >= 4 is 17.3 Å². The zero-order valence-corrected chi connectivity index (χ0v) is 12.2. The van der Waals surface area contributed by atoms with Gasteiger partial charge in [-0.15, -0.1) is 0 Å². The van der Waals surface area contributed by atoms with Gasteiger partial charge in [-0.2, -0.15) is 0 Å². The fraction of sp³-hybridized carbons (Fsp3) is 0.500. The van der Waals surface area contributed by atoms with Gasteiger partial charge in [0.15, 0.2) is 0 Å². The second kappa shape index (κ2) is 6.88. The zero-order chi connectivity index (χ0) is 15.3. The molecule has 0 radical (unpaired) electrons. The summed E-state index contributed by atoms with van der Waals surface area (Å²) in [5.41, 5.74) is 0.879. The number of anilines is 1. The Kier molecular flexibility index (Phi) is 5.49.